The maximum Gasteiger partial charge on any atom is 0.256 e. The zero-order chi connectivity index (χ0) is 11.4. The summed E-state index contributed by atoms with van der Waals surface area (Å²) in [5.41, 5.74) is 0.184. The first-order valence-electron chi connectivity index (χ1n) is 4.23. The summed E-state index contributed by atoms with van der Waals surface area (Å²) in [6, 6.07) is 6.02. The van der Waals surface area contributed by atoms with E-state index in [1.807, 2.05) is 28.7 Å². The molecule has 2 N–H and O–H groups in total. The SMILES string of the molecule is CC(C#N)NC(=O)c1cc(I)ccc1O. The number of aromatic hydroxyl groups is 1. The summed E-state index contributed by atoms with van der Waals surface area (Å²) in [4.78, 5) is 11.6. The monoisotopic (exact) mass is 316 g/mol. The Balaban J connectivity index is 2.92. The normalized spacial score (nSPS) is 11.5. The lowest BCUT2D eigenvalue weighted by molar-refractivity contribution is 0.0945. The maximum atomic E-state index is 11.6. The highest BCUT2D eigenvalue weighted by atomic mass is 127. The van der Waals surface area contributed by atoms with E-state index in [2.05, 4.69) is 5.32 Å². The number of benzene rings is 1. The summed E-state index contributed by atoms with van der Waals surface area (Å²) >= 11 is 2.04. The van der Waals surface area contributed by atoms with Crippen molar-refractivity contribution in [1.82, 2.24) is 5.32 Å². The van der Waals surface area contributed by atoms with Crippen LogP contribution >= 0.6 is 22.6 Å². The largest absolute Gasteiger partial charge is 0.507 e. The fraction of sp³-hybridized carbons (Fsp3) is 0.200. The number of nitriles is 1. The van der Waals surface area contributed by atoms with E-state index in [0.29, 0.717) is 0 Å². The average molecular weight is 316 g/mol. The summed E-state index contributed by atoms with van der Waals surface area (Å²) < 4.78 is 0.847. The van der Waals surface area contributed by atoms with Gasteiger partial charge in [-0.2, -0.15) is 5.26 Å². The van der Waals surface area contributed by atoms with Gasteiger partial charge in [-0.25, -0.2) is 0 Å². The quantitative estimate of drug-likeness (QED) is 0.815. The number of nitrogens with zero attached hydrogens (tertiary/aromatic N) is 1. The van der Waals surface area contributed by atoms with E-state index in [9.17, 15) is 9.90 Å². The summed E-state index contributed by atoms with van der Waals surface area (Å²) in [6.45, 7) is 1.57. The van der Waals surface area contributed by atoms with Crippen LogP contribution in [-0.2, 0) is 0 Å². The summed E-state index contributed by atoms with van der Waals surface area (Å²) in [7, 11) is 0. The van der Waals surface area contributed by atoms with Gasteiger partial charge in [-0.15, -0.1) is 0 Å². The van der Waals surface area contributed by atoms with Crippen molar-refractivity contribution in [3.05, 3.63) is 27.3 Å². The molecule has 0 fully saturated rings. The molecule has 0 radical (unpaired) electrons. The average Bonchev–Trinajstić information content (AvgIpc) is 2.21. The Hall–Kier alpha value is -1.29. The number of hydrogen-bond acceptors (Lipinski definition) is 3. The Morgan fingerprint density at radius 1 is 1.67 bits per heavy atom. The fourth-order valence-corrected chi connectivity index (χ4v) is 1.49. The van der Waals surface area contributed by atoms with E-state index >= 15 is 0 Å². The molecule has 15 heavy (non-hydrogen) atoms. The number of carbonyl (C=O) groups is 1. The molecule has 0 saturated heterocycles. The Morgan fingerprint density at radius 3 is 2.93 bits per heavy atom. The molecule has 1 atom stereocenters. The van der Waals surface area contributed by atoms with Crippen LogP contribution in [0.5, 0.6) is 5.75 Å². The molecule has 1 rings (SSSR count). The van der Waals surface area contributed by atoms with Crippen molar-refractivity contribution < 1.29 is 9.90 Å². The predicted molar refractivity (Wildman–Crippen MR) is 63.4 cm³/mol. The van der Waals surface area contributed by atoms with Crippen molar-refractivity contribution in [2.24, 2.45) is 0 Å². The van der Waals surface area contributed by atoms with Gasteiger partial charge in [0, 0.05) is 3.57 Å². The van der Waals surface area contributed by atoms with Crippen molar-refractivity contribution in [2.75, 3.05) is 0 Å². The lowest BCUT2D eigenvalue weighted by atomic mass is 10.2. The van der Waals surface area contributed by atoms with Crippen molar-refractivity contribution in [3.63, 3.8) is 0 Å². The fourth-order valence-electron chi connectivity index (χ4n) is 0.997. The molecule has 0 aliphatic carbocycles. The van der Waals surface area contributed by atoms with Crippen LogP contribution in [-0.4, -0.2) is 17.1 Å². The Bertz CT molecular complexity index is 426. The lowest BCUT2D eigenvalue weighted by Crippen LogP contribution is -2.31. The number of rotatable bonds is 2. The Labute approximate surface area is 101 Å². The molecule has 1 aromatic carbocycles. The topological polar surface area (TPSA) is 73.1 Å². The van der Waals surface area contributed by atoms with Crippen LogP contribution < -0.4 is 5.32 Å². The van der Waals surface area contributed by atoms with Gasteiger partial charge in [-0.05, 0) is 47.7 Å². The zero-order valence-corrected chi connectivity index (χ0v) is 10.1. The van der Waals surface area contributed by atoms with Crippen molar-refractivity contribution in [1.29, 1.82) is 5.26 Å². The van der Waals surface area contributed by atoms with Gasteiger partial charge in [0.2, 0.25) is 0 Å². The van der Waals surface area contributed by atoms with Crippen LogP contribution in [0.1, 0.15) is 17.3 Å². The number of carbonyl (C=O) groups excluding carboxylic acids is 1. The van der Waals surface area contributed by atoms with Crippen molar-refractivity contribution in [2.45, 2.75) is 13.0 Å². The van der Waals surface area contributed by atoms with Gasteiger partial charge in [0.15, 0.2) is 0 Å². The highest BCUT2D eigenvalue weighted by molar-refractivity contribution is 14.1. The molecule has 0 bridgehead atoms. The minimum atomic E-state index is -0.574. The van der Waals surface area contributed by atoms with Gasteiger partial charge in [-0.1, -0.05) is 0 Å². The minimum absolute atomic E-state index is 0.0851. The van der Waals surface area contributed by atoms with E-state index in [1.54, 1.807) is 19.1 Å². The van der Waals surface area contributed by atoms with Gasteiger partial charge in [0.05, 0.1) is 11.6 Å². The first-order valence-corrected chi connectivity index (χ1v) is 5.31. The third-order valence-electron chi connectivity index (χ3n) is 1.74. The second-order valence-corrected chi connectivity index (χ2v) is 4.23. The zero-order valence-electron chi connectivity index (χ0n) is 7.99. The van der Waals surface area contributed by atoms with Gasteiger partial charge >= 0.3 is 0 Å². The molecule has 1 unspecified atom stereocenters. The molecule has 1 amide bonds. The van der Waals surface area contributed by atoms with Crippen LogP contribution in [0, 0.1) is 14.9 Å². The predicted octanol–water partition coefficient (Wildman–Crippen LogP) is 1.64. The van der Waals surface area contributed by atoms with E-state index in [-0.39, 0.29) is 11.3 Å². The van der Waals surface area contributed by atoms with Crippen LogP contribution in [0.4, 0.5) is 0 Å². The van der Waals surface area contributed by atoms with Gasteiger partial charge in [-0.3, -0.25) is 4.79 Å². The minimum Gasteiger partial charge on any atom is -0.507 e. The second kappa shape index (κ2) is 4.98. The molecule has 0 spiro atoms. The van der Waals surface area contributed by atoms with E-state index in [1.165, 1.54) is 6.07 Å². The lowest BCUT2D eigenvalue weighted by Gasteiger charge is -2.08. The number of amides is 1. The van der Waals surface area contributed by atoms with Gasteiger partial charge in [0.1, 0.15) is 11.8 Å². The van der Waals surface area contributed by atoms with Gasteiger partial charge in [0.25, 0.3) is 5.91 Å². The molecule has 0 aliphatic heterocycles. The second-order valence-electron chi connectivity index (χ2n) is 2.99. The molecule has 0 saturated carbocycles. The molecule has 0 heterocycles. The Morgan fingerprint density at radius 2 is 2.33 bits per heavy atom. The van der Waals surface area contributed by atoms with Crippen LogP contribution in [0.25, 0.3) is 0 Å². The van der Waals surface area contributed by atoms with Crippen molar-refractivity contribution >= 4 is 28.5 Å². The van der Waals surface area contributed by atoms with Crippen LogP contribution in [0.3, 0.4) is 0 Å². The first kappa shape index (κ1) is 11.8. The molecule has 1 aromatic rings. The number of nitrogens with one attached hydrogen (secondary N) is 1. The standard InChI is InChI=1S/C10H9IN2O2/c1-6(5-12)13-10(15)8-4-7(11)2-3-9(8)14/h2-4,6,14H,1H3,(H,13,15). The summed E-state index contributed by atoms with van der Waals surface area (Å²) in [5.74, 6) is -0.530. The number of halogens is 1. The number of phenols is 1. The molecular weight excluding hydrogens is 307 g/mol. The highest BCUT2D eigenvalue weighted by Crippen LogP contribution is 2.19. The summed E-state index contributed by atoms with van der Waals surface area (Å²) in [6.07, 6.45) is 0. The first-order chi connectivity index (χ1) is 7.04. The summed E-state index contributed by atoms with van der Waals surface area (Å²) in [5, 5.41) is 20.4. The third-order valence-corrected chi connectivity index (χ3v) is 2.42. The van der Waals surface area contributed by atoms with Crippen LogP contribution in [0.2, 0.25) is 0 Å². The van der Waals surface area contributed by atoms with Gasteiger partial charge < -0.3 is 10.4 Å². The smallest absolute Gasteiger partial charge is 0.256 e. The number of hydrogen-bond donors (Lipinski definition) is 2. The van der Waals surface area contributed by atoms with E-state index in [0.717, 1.165) is 3.57 Å². The molecule has 4 nitrogen and oxygen atoms in total. The maximum absolute atomic E-state index is 11.6. The molecule has 5 heteroatoms. The molecule has 78 valence electrons. The van der Waals surface area contributed by atoms with Crippen molar-refractivity contribution in [3.8, 4) is 11.8 Å². The highest BCUT2D eigenvalue weighted by Gasteiger charge is 2.13. The third kappa shape index (κ3) is 3.09. The Kier molecular flexibility index (Phi) is 3.91. The molecule has 0 aliphatic rings. The molecule has 0 aromatic heterocycles. The molecular formula is C10H9IN2O2. The number of phenolic OH excluding ortho intramolecular Hbond substituents is 1. The van der Waals surface area contributed by atoms with Crippen LogP contribution in [0.15, 0.2) is 18.2 Å². The van der Waals surface area contributed by atoms with E-state index < -0.39 is 11.9 Å². The van der Waals surface area contributed by atoms with E-state index in [4.69, 9.17) is 5.26 Å².